The van der Waals surface area contributed by atoms with E-state index in [9.17, 15) is 4.79 Å². The van der Waals surface area contributed by atoms with Gasteiger partial charge in [0.1, 0.15) is 0 Å². The second kappa shape index (κ2) is 4.18. The lowest BCUT2D eigenvalue weighted by atomic mass is 10.2. The van der Waals surface area contributed by atoms with Crippen LogP contribution >= 0.6 is 11.3 Å². The molecule has 66 valence electrons. The smallest absolute Gasteiger partial charge is 0.307 e. The van der Waals surface area contributed by atoms with Crippen molar-refractivity contribution in [2.24, 2.45) is 5.73 Å². The van der Waals surface area contributed by atoms with Gasteiger partial charge in [0, 0.05) is 5.38 Å². The number of aromatic nitrogens is 1. The normalized spacial score (nSPS) is 12.5. The lowest BCUT2D eigenvalue weighted by Crippen LogP contribution is -2.16. The minimum absolute atomic E-state index is 0.181. The summed E-state index contributed by atoms with van der Waals surface area (Å²) in [7, 11) is 1.34. The zero-order valence-corrected chi connectivity index (χ0v) is 7.50. The molecule has 0 aromatic carbocycles. The molecule has 0 unspecified atom stereocenters. The number of hydrogen-bond acceptors (Lipinski definition) is 5. The second-order valence-corrected chi connectivity index (χ2v) is 3.02. The molecule has 0 radical (unpaired) electrons. The van der Waals surface area contributed by atoms with Crippen LogP contribution in [0.4, 0.5) is 0 Å². The van der Waals surface area contributed by atoms with Gasteiger partial charge in [0.25, 0.3) is 0 Å². The molecule has 0 saturated heterocycles. The third-order valence-electron chi connectivity index (χ3n) is 1.45. The molecule has 5 heteroatoms. The van der Waals surface area contributed by atoms with Crippen LogP contribution in [-0.4, -0.2) is 18.1 Å². The van der Waals surface area contributed by atoms with Gasteiger partial charge in [-0.3, -0.25) is 4.79 Å². The first kappa shape index (κ1) is 9.15. The van der Waals surface area contributed by atoms with E-state index in [1.54, 1.807) is 5.51 Å². The Morgan fingerprint density at radius 2 is 2.67 bits per heavy atom. The maximum atomic E-state index is 10.8. The Bertz CT molecular complexity index is 248. The third kappa shape index (κ3) is 2.28. The summed E-state index contributed by atoms with van der Waals surface area (Å²) in [5.74, 6) is -0.310. The molecule has 0 aliphatic heterocycles. The molecule has 0 aliphatic rings. The minimum atomic E-state index is -0.344. The summed E-state index contributed by atoms with van der Waals surface area (Å²) in [6.07, 6.45) is 0.181. The highest BCUT2D eigenvalue weighted by atomic mass is 32.1. The van der Waals surface area contributed by atoms with Crippen molar-refractivity contribution in [1.82, 2.24) is 4.98 Å². The average Bonchev–Trinajstić information content (AvgIpc) is 2.56. The van der Waals surface area contributed by atoms with Gasteiger partial charge in [-0.05, 0) is 0 Å². The molecule has 0 amide bonds. The van der Waals surface area contributed by atoms with Crippen LogP contribution in [0.2, 0.25) is 0 Å². The van der Waals surface area contributed by atoms with Gasteiger partial charge in [0.2, 0.25) is 0 Å². The highest BCUT2D eigenvalue weighted by molar-refractivity contribution is 7.07. The second-order valence-electron chi connectivity index (χ2n) is 2.30. The molecule has 0 bridgehead atoms. The number of thiazole rings is 1. The van der Waals surface area contributed by atoms with Gasteiger partial charge in [0.15, 0.2) is 0 Å². The van der Waals surface area contributed by atoms with E-state index in [4.69, 9.17) is 5.73 Å². The van der Waals surface area contributed by atoms with E-state index in [2.05, 4.69) is 9.72 Å². The molecule has 12 heavy (non-hydrogen) atoms. The Hall–Kier alpha value is -0.940. The number of carbonyl (C=O) groups excluding carboxylic acids is 1. The van der Waals surface area contributed by atoms with Crippen molar-refractivity contribution in [3.63, 3.8) is 0 Å². The lowest BCUT2D eigenvalue weighted by Gasteiger charge is -2.05. The van der Waals surface area contributed by atoms with Gasteiger partial charge in [-0.15, -0.1) is 11.3 Å². The fourth-order valence-corrected chi connectivity index (χ4v) is 1.39. The van der Waals surface area contributed by atoms with Crippen molar-refractivity contribution in [3.8, 4) is 0 Å². The van der Waals surface area contributed by atoms with Crippen LogP contribution < -0.4 is 5.73 Å². The van der Waals surface area contributed by atoms with Crippen molar-refractivity contribution in [2.75, 3.05) is 7.11 Å². The van der Waals surface area contributed by atoms with Crippen molar-refractivity contribution in [3.05, 3.63) is 16.6 Å². The molecule has 0 fully saturated rings. The predicted molar refractivity (Wildman–Crippen MR) is 45.7 cm³/mol. The van der Waals surface area contributed by atoms with Gasteiger partial charge in [-0.2, -0.15) is 0 Å². The number of nitrogens with zero attached hydrogens (tertiary/aromatic N) is 1. The number of rotatable bonds is 3. The highest BCUT2D eigenvalue weighted by Gasteiger charge is 2.12. The van der Waals surface area contributed by atoms with Crippen LogP contribution in [0.5, 0.6) is 0 Å². The highest BCUT2D eigenvalue weighted by Crippen LogP contribution is 2.13. The molecule has 0 spiro atoms. The Morgan fingerprint density at radius 3 is 3.17 bits per heavy atom. The predicted octanol–water partition coefficient (Wildman–Crippen LogP) is 0.706. The summed E-state index contributed by atoms with van der Waals surface area (Å²) < 4.78 is 4.48. The van der Waals surface area contributed by atoms with Gasteiger partial charge in [-0.1, -0.05) is 0 Å². The Morgan fingerprint density at radius 1 is 1.92 bits per heavy atom. The third-order valence-corrected chi connectivity index (χ3v) is 2.05. The van der Waals surface area contributed by atoms with Crippen LogP contribution in [0.15, 0.2) is 10.9 Å². The maximum absolute atomic E-state index is 10.8. The lowest BCUT2D eigenvalue weighted by molar-refractivity contribution is -0.141. The number of methoxy groups -OCH3 is 1. The molecule has 1 aromatic heterocycles. The van der Waals surface area contributed by atoms with Crippen LogP contribution in [-0.2, 0) is 9.53 Å². The van der Waals surface area contributed by atoms with E-state index in [0.29, 0.717) is 0 Å². The van der Waals surface area contributed by atoms with E-state index < -0.39 is 0 Å². The summed E-state index contributed by atoms with van der Waals surface area (Å²) in [5.41, 5.74) is 8.09. The first-order valence-corrected chi connectivity index (χ1v) is 4.39. The van der Waals surface area contributed by atoms with Crippen LogP contribution in [0, 0.1) is 0 Å². The largest absolute Gasteiger partial charge is 0.469 e. The standard InChI is InChI=1S/C7H10N2O2S/c1-11-7(10)2-5(8)6-3-12-4-9-6/h3-5H,2,8H2,1H3/t5-/m1/s1. The zero-order chi connectivity index (χ0) is 8.97. The van der Waals surface area contributed by atoms with E-state index in [0.717, 1.165) is 5.69 Å². The molecule has 1 aromatic rings. The minimum Gasteiger partial charge on any atom is -0.469 e. The zero-order valence-electron chi connectivity index (χ0n) is 6.69. The van der Waals surface area contributed by atoms with Crippen molar-refractivity contribution >= 4 is 17.3 Å². The number of nitrogens with two attached hydrogens (primary N) is 1. The quantitative estimate of drug-likeness (QED) is 0.706. The van der Waals surface area contributed by atoms with E-state index in [1.165, 1.54) is 18.4 Å². The van der Waals surface area contributed by atoms with Crippen molar-refractivity contribution < 1.29 is 9.53 Å². The Balaban J connectivity index is 2.49. The molecule has 0 saturated carbocycles. The SMILES string of the molecule is COC(=O)C[C@@H](N)c1cscn1. The molecule has 1 atom stereocenters. The summed E-state index contributed by atoms with van der Waals surface area (Å²) in [6.45, 7) is 0. The summed E-state index contributed by atoms with van der Waals surface area (Å²) in [4.78, 5) is 14.8. The molecular weight excluding hydrogens is 176 g/mol. The van der Waals surface area contributed by atoms with Gasteiger partial charge in [-0.25, -0.2) is 4.98 Å². The maximum Gasteiger partial charge on any atom is 0.307 e. The van der Waals surface area contributed by atoms with Crippen LogP contribution in [0.1, 0.15) is 18.2 Å². The van der Waals surface area contributed by atoms with E-state index in [1.807, 2.05) is 5.38 Å². The van der Waals surface area contributed by atoms with E-state index >= 15 is 0 Å². The summed E-state index contributed by atoms with van der Waals surface area (Å²) in [5, 5.41) is 1.83. The van der Waals surface area contributed by atoms with Crippen LogP contribution in [0.3, 0.4) is 0 Å². The number of hydrogen-bond donors (Lipinski definition) is 1. The van der Waals surface area contributed by atoms with Crippen molar-refractivity contribution in [1.29, 1.82) is 0 Å². The number of ether oxygens (including phenoxy) is 1. The Labute approximate surface area is 74.4 Å². The first-order chi connectivity index (χ1) is 5.74. The molecule has 4 nitrogen and oxygen atoms in total. The Kier molecular flexibility index (Phi) is 3.19. The molecule has 1 heterocycles. The molecule has 0 aliphatic carbocycles. The van der Waals surface area contributed by atoms with Gasteiger partial charge < -0.3 is 10.5 Å². The summed E-state index contributed by atoms with van der Waals surface area (Å²) >= 11 is 1.46. The molecule has 2 N–H and O–H groups in total. The van der Waals surface area contributed by atoms with Gasteiger partial charge >= 0.3 is 5.97 Å². The molecular formula is C7H10N2O2S. The number of carbonyl (C=O) groups is 1. The molecule has 1 rings (SSSR count). The van der Waals surface area contributed by atoms with E-state index in [-0.39, 0.29) is 18.4 Å². The summed E-state index contributed by atoms with van der Waals surface area (Å²) in [6, 6.07) is -0.344. The fraction of sp³-hybridized carbons (Fsp3) is 0.429. The topological polar surface area (TPSA) is 65.2 Å². The monoisotopic (exact) mass is 186 g/mol. The van der Waals surface area contributed by atoms with Crippen LogP contribution in [0.25, 0.3) is 0 Å². The number of esters is 1. The average molecular weight is 186 g/mol. The first-order valence-electron chi connectivity index (χ1n) is 3.44. The fourth-order valence-electron chi connectivity index (χ4n) is 0.772. The van der Waals surface area contributed by atoms with Crippen molar-refractivity contribution in [2.45, 2.75) is 12.5 Å². The van der Waals surface area contributed by atoms with Gasteiger partial charge in [0.05, 0.1) is 30.8 Å².